The van der Waals surface area contributed by atoms with E-state index in [-0.39, 0.29) is 30.7 Å². The van der Waals surface area contributed by atoms with E-state index >= 15 is 0 Å². The van der Waals surface area contributed by atoms with Crippen LogP contribution in [0.2, 0.25) is 5.02 Å². The van der Waals surface area contributed by atoms with Gasteiger partial charge in [0.25, 0.3) is 0 Å². The number of nitrogens with one attached hydrogen (secondary N) is 1. The third-order valence-corrected chi connectivity index (χ3v) is 5.93. The number of benzene rings is 1. The number of halogens is 3. The van der Waals surface area contributed by atoms with Gasteiger partial charge in [0, 0.05) is 18.1 Å². The summed E-state index contributed by atoms with van der Waals surface area (Å²) in [5, 5.41) is 3.95. The van der Waals surface area contributed by atoms with E-state index in [4.69, 9.17) is 17.3 Å². The number of hydrogen-bond donors (Lipinski definition) is 2. The van der Waals surface area contributed by atoms with Crippen LogP contribution in [0, 0.1) is 5.92 Å². The topological polar surface area (TPSA) is 58.4 Å². The van der Waals surface area contributed by atoms with Crippen LogP contribution < -0.4 is 11.1 Å². The van der Waals surface area contributed by atoms with Crippen LogP contribution in [0.25, 0.3) is 0 Å². The zero-order valence-electron chi connectivity index (χ0n) is 15.1. The van der Waals surface area contributed by atoms with E-state index < -0.39 is 5.54 Å². The van der Waals surface area contributed by atoms with Crippen molar-refractivity contribution in [1.29, 1.82) is 0 Å². The molecule has 2 fully saturated rings. The maximum absolute atomic E-state index is 12.3. The molecular weight excluding hydrogens is 393 g/mol. The first-order chi connectivity index (χ1) is 11.6. The zero-order chi connectivity index (χ0) is 17.0. The summed E-state index contributed by atoms with van der Waals surface area (Å²) >= 11 is 6.25. The number of nitrogens with two attached hydrogens (primary N) is 1. The molecule has 7 heteroatoms. The zero-order valence-corrected chi connectivity index (χ0v) is 17.5. The Kier molecular flexibility index (Phi) is 9.70. The molecule has 0 unspecified atom stereocenters. The van der Waals surface area contributed by atoms with Crippen molar-refractivity contribution in [3.05, 3.63) is 34.9 Å². The van der Waals surface area contributed by atoms with E-state index in [0.29, 0.717) is 5.92 Å². The van der Waals surface area contributed by atoms with Gasteiger partial charge in [0.05, 0.1) is 5.54 Å². The lowest BCUT2D eigenvalue weighted by Gasteiger charge is -2.33. The van der Waals surface area contributed by atoms with Gasteiger partial charge in [-0.3, -0.25) is 9.69 Å². The Bertz CT molecular complexity index is 571. The van der Waals surface area contributed by atoms with Gasteiger partial charge in [-0.25, -0.2) is 0 Å². The Morgan fingerprint density at radius 2 is 1.81 bits per heavy atom. The number of hydrogen-bond acceptors (Lipinski definition) is 3. The lowest BCUT2D eigenvalue weighted by Crippen LogP contribution is -2.53. The molecule has 26 heavy (non-hydrogen) atoms. The van der Waals surface area contributed by atoms with Gasteiger partial charge in [0.1, 0.15) is 0 Å². The van der Waals surface area contributed by atoms with Crippen molar-refractivity contribution in [3.63, 3.8) is 0 Å². The molecule has 0 spiro atoms. The summed E-state index contributed by atoms with van der Waals surface area (Å²) in [6.07, 6.45) is 6.03. The first-order valence-electron chi connectivity index (χ1n) is 9.10. The van der Waals surface area contributed by atoms with Crippen LogP contribution >= 0.6 is 36.4 Å². The lowest BCUT2D eigenvalue weighted by atomic mass is 9.94. The number of carbonyl (C=O) groups excluding carboxylic acids is 1. The molecule has 3 N–H and O–H groups in total. The summed E-state index contributed by atoms with van der Waals surface area (Å²) in [7, 11) is 0. The smallest absolute Gasteiger partial charge is 0.240 e. The van der Waals surface area contributed by atoms with E-state index in [1.54, 1.807) is 0 Å². The van der Waals surface area contributed by atoms with E-state index in [2.05, 4.69) is 16.3 Å². The molecule has 1 aromatic rings. The normalized spacial score (nSPS) is 20.1. The molecule has 1 amide bonds. The Morgan fingerprint density at radius 3 is 2.42 bits per heavy atom. The molecular formula is C19H30Cl3N3O. The summed E-state index contributed by atoms with van der Waals surface area (Å²) in [5.74, 6) is 0.611. The minimum atomic E-state index is -0.606. The fraction of sp³-hybridized carbons (Fsp3) is 0.632. The van der Waals surface area contributed by atoms with Gasteiger partial charge in [-0.05, 0) is 56.3 Å². The number of likely N-dealkylation sites (tertiary alicyclic amines) is 1. The monoisotopic (exact) mass is 421 g/mol. The van der Waals surface area contributed by atoms with Crippen molar-refractivity contribution in [2.24, 2.45) is 11.7 Å². The Hall–Kier alpha value is -0.520. The fourth-order valence-electron chi connectivity index (χ4n) is 3.86. The second-order valence-electron chi connectivity index (χ2n) is 7.38. The predicted molar refractivity (Wildman–Crippen MR) is 112 cm³/mol. The molecule has 1 aromatic carbocycles. The number of rotatable bonds is 5. The summed E-state index contributed by atoms with van der Waals surface area (Å²) in [4.78, 5) is 14.7. The van der Waals surface area contributed by atoms with E-state index in [1.165, 1.54) is 5.56 Å². The molecule has 0 atom stereocenters. The average molecular weight is 423 g/mol. The highest BCUT2D eigenvalue weighted by molar-refractivity contribution is 6.31. The molecule has 1 heterocycles. The van der Waals surface area contributed by atoms with Crippen LogP contribution in [0.1, 0.15) is 44.1 Å². The molecule has 4 nitrogen and oxygen atoms in total. The second kappa shape index (κ2) is 10.7. The van der Waals surface area contributed by atoms with Crippen molar-refractivity contribution < 1.29 is 4.79 Å². The van der Waals surface area contributed by atoms with Crippen molar-refractivity contribution in [1.82, 2.24) is 10.2 Å². The maximum Gasteiger partial charge on any atom is 0.240 e. The number of piperidine rings is 1. The number of nitrogens with zero attached hydrogens (tertiary/aromatic N) is 1. The van der Waals surface area contributed by atoms with Gasteiger partial charge in [0.15, 0.2) is 0 Å². The summed E-state index contributed by atoms with van der Waals surface area (Å²) in [6, 6.07) is 8.05. The summed E-state index contributed by atoms with van der Waals surface area (Å²) in [5.41, 5.74) is 6.79. The largest absolute Gasteiger partial charge is 0.354 e. The minimum Gasteiger partial charge on any atom is -0.354 e. The highest BCUT2D eigenvalue weighted by atomic mass is 35.5. The van der Waals surface area contributed by atoms with Gasteiger partial charge in [0.2, 0.25) is 5.91 Å². The van der Waals surface area contributed by atoms with Crippen LogP contribution in [0.15, 0.2) is 24.3 Å². The van der Waals surface area contributed by atoms with Gasteiger partial charge >= 0.3 is 0 Å². The summed E-state index contributed by atoms with van der Waals surface area (Å²) < 4.78 is 0. The molecule has 1 aliphatic heterocycles. The van der Waals surface area contributed by atoms with Crippen molar-refractivity contribution in [2.45, 2.75) is 50.6 Å². The van der Waals surface area contributed by atoms with Crippen molar-refractivity contribution in [3.8, 4) is 0 Å². The van der Waals surface area contributed by atoms with Crippen molar-refractivity contribution >= 4 is 42.3 Å². The van der Waals surface area contributed by atoms with E-state index in [1.807, 2.05) is 18.2 Å². The number of amides is 1. The number of carbonyl (C=O) groups is 1. The molecule has 1 saturated heterocycles. The third kappa shape index (κ3) is 6.00. The third-order valence-electron chi connectivity index (χ3n) is 5.56. The molecule has 0 aromatic heterocycles. The van der Waals surface area contributed by atoms with Gasteiger partial charge in [-0.1, -0.05) is 42.6 Å². The first-order valence-corrected chi connectivity index (χ1v) is 9.47. The lowest BCUT2D eigenvalue weighted by molar-refractivity contribution is -0.126. The molecule has 1 aliphatic carbocycles. The predicted octanol–water partition coefficient (Wildman–Crippen LogP) is 3.78. The molecule has 3 rings (SSSR count). The minimum absolute atomic E-state index is 0. The quantitative estimate of drug-likeness (QED) is 0.759. The maximum atomic E-state index is 12.3. The highest BCUT2D eigenvalue weighted by Gasteiger charge is 2.37. The Labute approximate surface area is 174 Å². The van der Waals surface area contributed by atoms with Crippen LogP contribution in [-0.2, 0) is 11.3 Å². The molecule has 2 aliphatic rings. The van der Waals surface area contributed by atoms with Crippen LogP contribution in [0.5, 0.6) is 0 Å². The average Bonchev–Trinajstić information content (AvgIpc) is 3.04. The fourth-order valence-corrected chi connectivity index (χ4v) is 4.06. The standard InChI is InChI=1S/C19H28ClN3O.2ClH/c20-17-6-2-1-5-16(17)14-23-11-7-15(8-12-23)13-22-18(24)19(21)9-3-4-10-19;;/h1-2,5-6,15H,3-4,7-14,21H2,(H,22,24);2*1H. The SMILES string of the molecule is Cl.Cl.NC1(C(=O)NCC2CCN(Cc3ccccc3Cl)CC2)CCCC1. The van der Waals surface area contributed by atoms with Crippen LogP contribution in [0.4, 0.5) is 0 Å². The molecule has 0 radical (unpaired) electrons. The first kappa shape index (κ1) is 23.5. The highest BCUT2D eigenvalue weighted by Crippen LogP contribution is 2.27. The van der Waals surface area contributed by atoms with E-state index in [9.17, 15) is 4.79 Å². The molecule has 0 bridgehead atoms. The molecule has 1 saturated carbocycles. The van der Waals surface area contributed by atoms with Crippen molar-refractivity contribution in [2.75, 3.05) is 19.6 Å². The van der Waals surface area contributed by atoms with Gasteiger partial charge in [-0.2, -0.15) is 0 Å². The van der Waals surface area contributed by atoms with Crippen LogP contribution in [0.3, 0.4) is 0 Å². The molecule has 148 valence electrons. The van der Waals surface area contributed by atoms with Crippen LogP contribution in [-0.4, -0.2) is 36.0 Å². The van der Waals surface area contributed by atoms with Gasteiger partial charge in [-0.15, -0.1) is 24.8 Å². The second-order valence-corrected chi connectivity index (χ2v) is 7.79. The van der Waals surface area contributed by atoms with Gasteiger partial charge < -0.3 is 11.1 Å². The van der Waals surface area contributed by atoms with E-state index in [0.717, 1.165) is 69.7 Å². The Morgan fingerprint density at radius 1 is 1.19 bits per heavy atom. The Balaban J connectivity index is 0.00000169. The summed E-state index contributed by atoms with van der Waals surface area (Å²) in [6.45, 7) is 3.78.